The highest BCUT2D eigenvalue weighted by molar-refractivity contribution is 5.30. The van der Waals surface area contributed by atoms with Gasteiger partial charge in [0.15, 0.2) is 0 Å². The number of hydrogen-bond donors (Lipinski definition) is 1. The van der Waals surface area contributed by atoms with Gasteiger partial charge in [-0.05, 0) is 69.6 Å². The molecule has 2 atom stereocenters. The average Bonchev–Trinajstić information content (AvgIpc) is 2.53. The van der Waals surface area contributed by atoms with E-state index in [1.165, 1.54) is 24.9 Å². The zero-order valence-corrected chi connectivity index (χ0v) is 13.8. The van der Waals surface area contributed by atoms with Crippen LogP contribution in [0.2, 0.25) is 0 Å². The van der Waals surface area contributed by atoms with Crippen LogP contribution in [0.5, 0.6) is 5.75 Å². The summed E-state index contributed by atoms with van der Waals surface area (Å²) >= 11 is 0. The van der Waals surface area contributed by atoms with Crippen molar-refractivity contribution < 1.29 is 4.74 Å². The Bertz CT molecular complexity index is 402. The number of nitrogens with one attached hydrogen (secondary N) is 1. The molecule has 3 nitrogen and oxygen atoms in total. The van der Waals surface area contributed by atoms with Gasteiger partial charge in [-0.15, -0.1) is 0 Å². The first-order valence-corrected chi connectivity index (χ1v) is 8.41. The first kappa shape index (κ1) is 16.3. The monoisotopic (exact) mass is 290 g/mol. The predicted octanol–water partition coefficient (Wildman–Crippen LogP) is 3.47. The highest BCUT2D eigenvalue weighted by atomic mass is 16.5. The quantitative estimate of drug-likeness (QED) is 0.832. The molecule has 0 bridgehead atoms. The lowest BCUT2D eigenvalue weighted by atomic mass is 9.84. The van der Waals surface area contributed by atoms with Crippen LogP contribution in [0.15, 0.2) is 24.3 Å². The molecule has 2 unspecified atom stereocenters. The molecule has 1 aromatic carbocycles. The lowest BCUT2D eigenvalue weighted by molar-refractivity contribution is 0.0981. The molecule has 1 N–H and O–H groups in total. The van der Waals surface area contributed by atoms with Crippen molar-refractivity contribution in [1.29, 1.82) is 0 Å². The van der Waals surface area contributed by atoms with E-state index >= 15 is 0 Å². The molecule has 2 rings (SSSR count). The minimum absolute atomic E-state index is 0.538. The molecule has 1 saturated heterocycles. The second-order valence-corrected chi connectivity index (χ2v) is 5.95. The Hall–Kier alpha value is -1.06. The van der Waals surface area contributed by atoms with Crippen LogP contribution in [0.25, 0.3) is 0 Å². The molecule has 0 radical (unpaired) electrons. The molecule has 0 spiro atoms. The van der Waals surface area contributed by atoms with Crippen molar-refractivity contribution in [3.8, 4) is 5.75 Å². The van der Waals surface area contributed by atoms with Gasteiger partial charge in [-0.3, -0.25) is 4.90 Å². The first-order chi connectivity index (χ1) is 10.3. The number of rotatable bonds is 7. The number of piperidine rings is 1. The second kappa shape index (κ2) is 8.40. The van der Waals surface area contributed by atoms with Crippen molar-refractivity contribution in [2.24, 2.45) is 5.92 Å². The van der Waals surface area contributed by atoms with Gasteiger partial charge in [-0.2, -0.15) is 0 Å². The molecule has 3 heteroatoms. The molecular formula is C18H30N2O. The predicted molar refractivity (Wildman–Crippen MR) is 88.9 cm³/mol. The van der Waals surface area contributed by atoms with E-state index in [4.69, 9.17) is 4.74 Å². The molecule has 0 saturated carbocycles. The number of benzene rings is 1. The van der Waals surface area contributed by atoms with Crippen molar-refractivity contribution >= 4 is 0 Å². The Balaban J connectivity index is 2.14. The van der Waals surface area contributed by atoms with Gasteiger partial charge >= 0.3 is 0 Å². The molecule has 1 aromatic rings. The summed E-state index contributed by atoms with van der Waals surface area (Å²) in [6.07, 6.45) is 3.68. The van der Waals surface area contributed by atoms with E-state index in [0.29, 0.717) is 12.0 Å². The lowest BCUT2D eigenvalue weighted by Gasteiger charge is -2.41. The minimum Gasteiger partial charge on any atom is -0.494 e. The summed E-state index contributed by atoms with van der Waals surface area (Å²) < 4.78 is 5.70. The van der Waals surface area contributed by atoms with E-state index in [1.807, 2.05) is 0 Å². The van der Waals surface area contributed by atoms with Crippen LogP contribution >= 0.6 is 0 Å². The van der Waals surface area contributed by atoms with Gasteiger partial charge in [-0.25, -0.2) is 0 Å². The van der Waals surface area contributed by atoms with Gasteiger partial charge in [-0.1, -0.05) is 26.0 Å². The third-order valence-electron chi connectivity index (χ3n) is 4.43. The molecule has 0 aromatic heterocycles. The van der Waals surface area contributed by atoms with Crippen LogP contribution in [0.3, 0.4) is 0 Å². The number of likely N-dealkylation sites (tertiary alicyclic amines) is 1. The molecule has 1 fully saturated rings. The van der Waals surface area contributed by atoms with E-state index in [2.05, 4.69) is 55.4 Å². The van der Waals surface area contributed by atoms with Gasteiger partial charge in [0.05, 0.1) is 6.61 Å². The molecule has 118 valence electrons. The van der Waals surface area contributed by atoms with Crippen molar-refractivity contribution in [3.63, 3.8) is 0 Å². The van der Waals surface area contributed by atoms with Crippen molar-refractivity contribution in [2.45, 2.75) is 39.2 Å². The molecule has 0 aliphatic carbocycles. The Morgan fingerprint density at radius 1 is 1.24 bits per heavy atom. The topological polar surface area (TPSA) is 24.5 Å². The lowest BCUT2D eigenvalue weighted by Crippen LogP contribution is -2.41. The third kappa shape index (κ3) is 4.21. The fourth-order valence-corrected chi connectivity index (χ4v) is 3.45. The fourth-order valence-electron chi connectivity index (χ4n) is 3.45. The maximum absolute atomic E-state index is 5.70. The normalized spacial score (nSPS) is 23.2. The third-order valence-corrected chi connectivity index (χ3v) is 4.43. The van der Waals surface area contributed by atoms with Crippen molar-refractivity contribution in [2.75, 3.05) is 33.3 Å². The highest BCUT2D eigenvalue weighted by Gasteiger charge is 2.31. The molecule has 1 aliphatic heterocycles. The van der Waals surface area contributed by atoms with E-state index in [1.54, 1.807) is 0 Å². The summed E-state index contributed by atoms with van der Waals surface area (Å²) in [6.45, 7) is 8.64. The first-order valence-electron chi connectivity index (χ1n) is 8.41. The second-order valence-electron chi connectivity index (χ2n) is 5.95. The Morgan fingerprint density at radius 2 is 2.00 bits per heavy atom. The fraction of sp³-hybridized carbons (Fsp3) is 0.667. The van der Waals surface area contributed by atoms with Gasteiger partial charge < -0.3 is 10.1 Å². The maximum atomic E-state index is 5.70. The Labute approximate surface area is 129 Å². The molecule has 0 amide bonds. The van der Waals surface area contributed by atoms with Crippen LogP contribution in [0, 0.1) is 5.92 Å². The summed E-state index contributed by atoms with van der Waals surface area (Å²) in [6, 6.07) is 9.31. The molecule has 21 heavy (non-hydrogen) atoms. The summed E-state index contributed by atoms with van der Waals surface area (Å²) in [4.78, 5) is 2.62. The van der Waals surface area contributed by atoms with E-state index < -0.39 is 0 Å². The summed E-state index contributed by atoms with van der Waals surface area (Å²) in [5.41, 5.74) is 1.43. The molecule has 1 heterocycles. The largest absolute Gasteiger partial charge is 0.494 e. The minimum atomic E-state index is 0.538. The summed E-state index contributed by atoms with van der Waals surface area (Å²) in [7, 11) is 2.06. The van der Waals surface area contributed by atoms with Crippen LogP contribution in [0.1, 0.15) is 44.7 Å². The zero-order valence-electron chi connectivity index (χ0n) is 13.8. The zero-order chi connectivity index (χ0) is 15.1. The smallest absolute Gasteiger partial charge is 0.119 e. The highest BCUT2D eigenvalue weighted by Crippen LogP contribution is 2.36. The molecule has 1 aliphatic rings. The summed E-state index contributed by atoms with van der Waals surface area (Å²) in [5.74, 6) is 1.69. The van der Waals surface area contributed by atoms with Crippen LogP contribution in [0.4, 0.5) is 0 Å². The number of hydrogen-bond acceptors (Lipinski definition) is 3. The van der Waals surface area contributed by atoms with Crippen LogP contribution < -0.4 is 10.1 Å². The average molecular weight is 290 g/mol. The number of ether oxygens (including phenoxy) is 1. The SMILES string of the molecule is CCCOc1ccc(C2C(CNC)CCCN2CC)cc1. The van der Waals surface area contributed by atoms with Crippen LogP contribution in [-0.4, -0.2) is 38.2 Å². The Morgan fingerprint density at radius 3 is 2.62 bits per heavy atom. The van der Waals surface area contributed by atoms with Gasteiger partial charge in [0.2, 0.25) is 0 Å². The van der Waals surface area contributed by atoms with Gasteiger partial charge in [0.25, 0.3) is 0 Å². The maximum Gasteiger partial charge on any atom is 0.119 e. The number of nitrogens with zero attached hydrogens (tertiary/aromatic N) is 1. The van der Waals surface area contributed by atoms with Gasteiger partial charge in [0, 0.05) is 6.04 Å². The Kier molecular flexibility index (Phi) is 6.52. The molecular weight excluding hydrogens is 260 g/mol. The van der Waals surface area contributed by atoms with Crippen molar-refractivity contribution in [3.05, 3.63) is 29.8 Å². The van der Waals surface area contributed by atoms with Crippen LogP contribution in [-0.2, 0) is 0 Å². The van der Waals surface area contributed by atoms with Crippen molar-refractivity contribution in [1.82, 2.24) is 10.2 Å². The van der Waals surface area contributed by atoms with E-state index in [9.17, 15) is 0 Å². The van der Waals surface area contributed by atoms with E-state index in [-0.39, 0.29) is 0 Å². The van der Waals surface area contributed by atoms with Gasteiger partial charge in [0.1, 0.15) is 5.75 Å². The summed E-state index contributed by atoms with van der Waals surface area (Å²) in [5, 5.41) is 3.37. The standard InChI is InChI=1S/C18H30N2O/c1-4-13-21-17-10-8-15(9-11-17)18-16(14-19-3)7-6-12-20(18)5-2/h8-11,16,18-19H,4-7,12-14H2,1-3H3. The van der Waals surface area contributed by atoms with E-state index in [0.717, 1.165) is 31.9 Å².